The van der Waals surface area contributed by atoms with Gasteiger partial charge in [-0.2, -0.15) is 0 Å². The van der Waals surface area contributed by atoms with Crippen LogP contribution < -0.4 is 11.3 Å². The van der Waals surface area contributed by atoms with E-state index in [-0.39, 0.29) is 12.1 Å². The third-order valence-corrected chi connectivity index (χ3v) is 3.23. The van der Waals surface area contributed by atoms with Crippen LogP contribution in [0.25, 0.3) is 0 Å². The fraction of sp³-hybridized carbons (Fsp3) is 0.615. The highest BCUT2D eigenvalue weighted by Crippen LogP contribution is 2.11. The lowest BCUT2D eigenvalue weighted by Crippen LogP contribution is -2.50. The van der Waals surface area contributed by atoms with Crippen LogP contribution in [0, 0.1) is 0 Å². The predicted octanol–water partition coefficient (Wildman–Crippen LogP) is 0.434. The molecule has 5 heteroatoms. The maximum Gasteiger partial charge on any atom is 0.0979 e. The van der Waals surface area contributed by atoms with Crippen molar-refractivity contribution in [1.82, 2.24) is 10.4 Å². The van der Waals surface area contributed by atoms with Gasteiger partial charge >= 0.3 is 0 Å². The second kappa shape index (κ2) is 6.80. The minimum Gasteiger partial charge on any atom is -0.376 e. The summed E-state index contributed by atoms with van der Waals surface area (Å²) in [5.41, 5.74) is 5.07. The monoisotopic (exact) mass is 251 g/mol. The number of nitrogens with one attached hydrogen (secondary N) is 1. The molecule has 2 rings (SSSR count). The van der Waals surface area contributed by atoms with Crippen LogP contribution in [0.15, 0.2) is 18.3 Å². The van der Waals surface area contributed by atoms with Crippen LogP contribution in [0.5, 0.6) is 0 Å². The first kappa shape index (κ1) is 13.4. The molecule has 2 heterocycles. The van der Waals surface area contributed by atoms with Crippen molar-refractivity contribution in [2.45, 2.75) is 31.9 Å². The van der Waals surface area contributed by atoms with E-state index in [1.54, 1.807) is 0 Å². The molecule has 1 aromatic heterocycles. The molecule has 18 heavy (non-hydrogen) atoms. The number of hydrazine groups is 1. The normalized spacial score (nSPS) is 21.8. The van der Waals surface area contributed by atoms with Gasteiger partial charge in [0.05, 0.1) is 32.0 Å². The van der Waals surface area contributed by atoms with E-state index < -0.39 is 0 Å². The van der Waals surface area contributed by atoms with E-state index >= 15 is 0 Å². The fourth-order valence-electron chi connectivity index (χ4n) is 2.05. The molecule has 0 spiro atoms. The Morgan fingerprint density at radius 2 is 2.39 bits per heavy atom. The molecule has 1 fully saturated rings. The number of hydrogen-bond donors (Lipinski definition) is 2. The van der Waals surface area contributed by atoms with E-state index in [9.17, 15) is 0 Å². The summed E-state index contributed by atoms with van der Waals surface area (Å²) >= 11 is 0. The first-order chi connectivity index (χ1) is 8.83. The zero-order valence-electron chi connectivity index (χ0n) is 10.8. The molecule has 1 saturated heterocycles. The number of aryl methyl sites for hydroxylation is 1. The van der Waals surface area contributed by atoms with Crippen molar-refractivity contribution in [3.05, 3.63) is 29.6 Å². The highest BCUT2D eigenvalue weighted by atomic mass is 16.6. The second-order valence-electron chi connectivity index (χ2n) is 4.47. The Morgan fingerprint density at radius 1 is 1.50 bits per heavy atom. The van der Waals surface area contributed by atoms with Crippen LogP contribution in [0.1, 0.15) is 18.2 Å². The lowest BCUT2D eigenvalue weighted by Gasteiger charge is -2.29. The standard InChI is InChI=1S/C13H21N3O2/c1-2-10-3-4-11(15-8-10)7-12(16-14)13-9-17-5-6-18-13/h3-4,8,12-13,16H,2,5-7,9,14H2,1H3. The number of pyridine rings is 1. The van der Waals surface area contributed by atoms with E-state index in [4.69, 9.17) is 15.3 Å². The Hall–Kier alpha value is -1.01. The van der Waals surface area contributed by atoms with Gasteiger partial charge in [0.15, 0.2) is 0 Å². The molecule has 0 aromatic carbocycles. The van der Waals surface area contributed by atoms with Crippen LogP contribution in [-0.4, -0.2) is 37.0 Å². The average molecular weight is 251 g/mol. The van der Waals surface area contributed by atoms with Gasteiger partial charge in [0.1, 0.15) is 0 Å². The van der Waals surface area contributed by atoms with E-state index in [0.29, 0.717) is 19.8 Å². The highest BCUT2D eigenvalue weighted by molar-refractivity contribution is 5.15. The topological polar surface area (TPSA) is 69.4 Å². The van der Waals surface area contributed by atoms with Gasteiger partial charge in [-0.15, -0.1) is 0 Å². The quantitative estimate of drug-likeness (QED) is 0.587. The molecule has 0 bridgehead atoms. The minimum atomic E-state index is -0.00333. The van der Waals surface area contributed by atoms with Crippen molar-refractivity contribution in [3.8, 4) is 0 Å². The Labute approximate surface area is 108 Å². The van der Waals surface area contributed by atoms with Gasteiger partial charge in [-0.3, -0.25) is 16.3 Å². The summed E-state index contributed by atoms with van der Waals surface area (Å²) in [5.74, 6) is 5.59. The number of nitrogens with two attached hydrogens (primary N) is 1. The van der Waals surface area contributed by atoms with Gasteiger partial charge in [-0.25, -0.2) is 0 Å². The molecule has 1 aliphatic rings. The minimum absolute atomic E-state index is 0.00333. The Morgan fingerprint density at radius 3 is 2.94 bits per heavy atom. The van der Waals surface area contributed by atoms with E-state index in [2.05, 4.69) is 23.4 Å². The molecule has 5 nitrogen and oxygen atoms in total. The second-order valence-corrected chi connectivity index (χ2v) is 4.47. The molecule has 1 aromatic rings. The summed E-state index contributed by atoms with van der Waals surface area (Å²) in [6, 6.07) is 4.19. The molecule has 0 radical (unpaired) electrons. The van der Waals surface area contributed by atoms with Crippen molar-refractivity contribution >= 4 is 0 Å². The number of hydrogen-bond acceptors (Lipinski definition) is 5. The number of aromatic nitrogens is 1. The van der Waals surface area contributed by atoms with Crippen molar-refractivity contribution in [1.29, 1.82) is 0 Å². The molecule has 1 aliphatic heterocycles. The third kappa shape index (κ3) is 3.49. The van der Waals surface area contributed by atoms with E-state index in [0.717, 1.165) is 18.5 Å². The Kier molecular flexibility index (Phi) is 5.07. The lowest BCUT2D eigenvalue weighted by atomic mass is 10.0. The number of ether oxygens (including phenoxy) is 2. The third-order valence-electron chi connectivity index (χ3n) is 3.23. The average Bonchev–Trinajstić information content (AvgIpc) is 2.46. The van der Waals surface area contributed by atoms with Crippen LogP contribution in [0.3, 0.4) is 0 Å². The van der Waals surface area contributed by atoms with Gasteiger partial charge in [-0.05, 0) is 18.1 Å². The van der Waals surface area contributed by atoms with E-state index in [1.165, 1.54) is 5.56 Å². The largest absolute Gasteiger partial charge is 0.376 e. The Balaban J connectivity index is 1.95. The first-order valence-corrected chi connectivity index (χ1v) is 6.42. The van der Waals surface area contributed by atoms with Crippen LogP contribution in [-0.2, 0) is 22.3 Å². The smallest absolute Gasteiger partial charge is 0.0979 e. The molecule has 0 saturated carbocycles. The summed E-state index contributed by atoms with van der Waals surface area (Å²) in [6.45, 7) is 4.00. The summed E-state index contributed by atoms with van der Waals surface area (Å²) in [6.07, 6.45) is 3.66. The maximum absolute atomic E-state index is 5.65. The van der Waals surface area contributed by atoms with Crippen LogP contribution in [0.4, 0.5) is 0 Å². The zero-order valence-corrected chi connectivity index (χ0v) is 10.8. The number of rotatable bonds is 5. The summed E-state index contributed by atoms with van der Waals surface area (Å²) in [4.78, 5) is 4.44. The molecule has 0 aliphatic carbocycles. The first-order valence-electron chi connectivity index (χ1n) is 6.42. The number of nitrogens with zero attached hydrogens (tertiary/aromatic N) is 1. The van der Waals surface area contributed by atoms with Crippen molar-refractivity contribution in [2.24, 2.45) is 5.84 Å². The molecular formula is C13H21N3O2. The summed E-state index contributed by atoms with van der Waals surface area (Å²) < 4.78 is 11.1. The van der Waals surface area contributed by atoms with E-state index in [1.807, 2.05) is 12.3 Å². The summed E-state index contributed by atoms with van der Waals surface area (Å²) in [7, 11) is 0. The maximum atomic E-state index is 5.65. The molecule has 2 atom stereocenters. The van der Waals surface area contributed by atoms with Crippen molar-refractivity contribution in [3.63, 3.8) is 0 Å². The van der Waals surface area contributed by atoms with Gasteiger partial charge in [-0.1, -0.05) is 13.0 Å². The molecular weight excluding hydrogens is 230 g/mol. The molecule has 0 amide bonds. The van der Waals surface area contributed by atoms with Crippen molar-refractivity contribution < 1.29 is 9.47 Å². The molecule has 100 valence electrons. The van der Waals surface area contributed by atoms with Crippen molar-refractivity contribution in [2.75, 3.05) is 19.8 Å². The zero-order chi connectivity index (χ0) is 12.8. The highest BCUT2D eigenvalue weighted by Gasteiger charge is 2.24. The van der Waals surface area contributed by atoms with Gasteiger partial charge in [0.25, 0.3) is 0 Å². The van der Waals surface area contributed by atoms with Crippen LogP contribution in [0.2, 0.25) is 0 Å². The fourth-order valence-corrected chi connectivity index (χ4v) is 2.05. The lowest BCUT2D eigenvalue weighted by molar-refractivity contribution is -0.101. The Bertz CT molecular complexity index is 350. The van der Waals surface area contributed by atoms with Gasteiger partial charge in [0.2, 0.25) is 0 Å². The summed E-state index contributed by atoms with van der Waals surface area (Å²) in [5, 5.41) is 0. The predicted molar refractivity (Wildman–Crippen MR) is 69.0 cm³/mol. The van der Waals surface area contributed by atoms with Gasteiger partial charge < -0.3 is 9.47 Å². The SMILES string of the molecule is CCc1ccc(CC(NN)C2COCCO2)nc1. The molecule has 2 unspecified atom stereocenters. The van der Waals surface area contributed by atoms with Crippen LogP contribution >= 0.6 is 0 Å². The molecule has 3 N–H and O–H groups in total. The van der Waals surface area contributed by atoms with Gasteiger partial charge in [0, 0.05) is 18.3 Å².